The van der Waals surface area contributed by atoms with Gasteiger partial charge in [0.25, 0.3) is 0 Å². The van der Waals surface area contributed by atoms with Crippen LogP contribution in [0, 0.1) is 0 Å². The molecule has 0 aliphatic carbocycles. The third kappa shape index (κ3) is 2.58. The van der Waals surface area contributed by atoms with Gasteiger partial charge in [-0.15, -0.1) is 0 Å². The predicted molar refractivity (Wildman–Crippen MR) is 62.0 cm³/mol. The van der Waals surface area contributed by atoms with Crippen molar-refractivity contribution >= 4 is 0 Å². The molecule has 1 N–H and O–H groups in total. The normalized spacial score (nSPS) is 20.1. The first-order valence-electron chi connectivity index (χ1n) is 5.64. The fraction of sp³-hybridized carbons (Fsp3) is 0.538. The van der Waals surface area contributed by atoms with E-state index in [9.17, 15) is 0 Å². The van der Waals surface area contributed by atoms with Crippen molar-refractivity contribution in [2.75, 3.05) is 20.2 Å². The monoisotopic (exact) mass is 205 g/mol. The highest BCUT2D eigenvalue weighted by molar-refractivity contribution is 5.17. The summed E-state index contributed by atoms with van der Waals surface area (Å²) in [6, 6.07) is 10.6. The molecule has 0 aromatic heterocycles. The van der Waals surface area contributed by atoms with Crippen LogP contribution in [0.1, 0.15) is 18.4 Å². The van der Waals surface area contributed by atoms with Crippen molar-refractivity contribution in [3.63, 3.8) is 0 Å². The molecule has 1 heterocycles. The van der Waals surface area contributed by atoms with Gasteiger partial charge in [0, 0.05) is 13.5 Å². The molecule has 15 heavy (non-hydrogen) atoms. The fourth-order valence-corrected chi connectivity index (χ4v) is 2.30. The van der Waals surface area contributed by atoms with E-state index in [1.807, 2.05) is 7.11 Å². The summed E-state index contributed by atoms with van der Waals surface area (Å²) in [5.41, 5.74) is 1.44. The zero-order valence-electron chi connectivity index (χ0n) is 9.33. The van der Waals surface area contributed by atoms with Gasteiger partial charge in [-0.05, 0) is 31.5 Å². The van der Waals surface area contributed by atoms with E-state index in [2.05, 4.69) is 35.6 Å². The molecule has 0 unspecified atom stereocenters. The second-order valence-corrected chi connectivity index (χ2v) is 4.30. The number of rotatable bonds is 3. The Morgan fingerprint density at radius 3 is 2.47 bits per heavy atom. The molecule has 0 amide bonds. The van der Waals surface area contributed by atoms with Gasteiger partial charge in [0.2, 0.25) is 0 Å². The molecule has 2 rings (SSSR count). The molecule has 0 atom stereocenters. The van der Waals surface area contributed by atoms with Gasteiger partial charge in [0.15, 0.2) is 0 Å². The topological polar surface area (TPSA) is 21.3 Å². The van der Waals surface area contributed by atoms with Crippen LogP contribution in [0.3, 0.4) is 0 Å². The third-order valence-electron chi connectivity index (χ3n) is 3.32. The SMILES string of the molecule is COC1(Cc2ccccc2)CCNCC1. The Kier molecular flexibility index (Phi) is 3.39. The van der Waals surface area contributed by atoms with Crippen LogP contribution >= 0.6 is 0 Å². The largest absolute Gasteiger partial charge is 0.378 e. The molecule has 1 aromatic rings. The Morgan fingerprint density at radius 2 is 1.87 bits per heavy atom. The van der Waals surface area contributed by atoms with Gasteiger partial charge in [0.05, 0.1) is 5.60 Å². The minimum Gasteiger partial charge on any atom is -0.378 e. The Bertz CT molecular complexity index is 291. The van der Waals surface area contributed by atoms with Gasteiger partial charge >= 0.3 is 0 Å². The standard InChI is InChI=1S/C13H19NO/c1-15-13(7-9-14-10-8-13)11-12-5-3-2-4-6-12/h2-6,14H,7-11H2,1H3. The van der Waals surface area contributed by atoms with Gasteiger partial charge in [-0.25, -0.2) is 0 Å². The number of hydrogen-bond donors (Lipinski definition) is 1. The zero-order chi connectivity index (χ0) is 10.6. The van der Waals surface area contributed by atoms with Crippen LogP contribution in [0.15, 0.2) is 30.3 Å². The van der Waals surface area contributed by atoms with Crippen LogP contribution in [0.4, 0.5) is 0 Å². The maximum absolute atomic E-state index is 5.74. The molecule has 0 spiro atoms. The van der Waals surface area contributed by atoms with E-state index in [1.54, 1.807) is 0 Å². The van der Waals surface area contributed by atoms with Crippen molar-refractivity contribution in [3.05, 3.63) is 35.9 Å². The van der Waals surface area contributed by atoms with Crippen molar-refractivity contribution in [2.24, 2.45) is 0 Å². The van der Waals surface area contributed by atoms with Crippen molar-refractivity contribution in [2.45, 2.75) is 24.9 Å². The summed E-state index contributed by atoms with van der Waals surface area (Å²) in [4.78, 5) is 0. The summed E-state index contributed by atoms with van der Waals surface area (Å²) >= 11 is 0. The Morgan fingerprint density at radius 1 is 1.20 bits per heavy atom. The average Bonchev–Trinajstić information content (AvgIpc) is 2.32. The first-order valence-corrected chi connectivity index (χ1v) is 5.64. The quantitative estimate of drug-likeness (QED) is 0.815. The fourth-order valence-electron chi connectivity index (χ4n) is 2.30. The number of piperidine rings is 1. The van der Waals surface area contributed by atoms with E-state index >= 15 is 0 Å². The van der Waals surface area contributed by atoms with Crippen LogP contribution in [0.2, 0.25) is 0 Å². The third-order valence-corrected chi connectivity index (χ3v) is 3.32. The molecular weight excluding hydrogens is 186 g/mol. The van der Waals surface area contributed by atoms with E-state index in [-0.39, 0.29) is 5.60 Å². The lowest BCUT2D eigenvalue weighted by Gasteiger charge is -2.36. The Labute approximate surface area is 91.6 Å². The van der Waals surface area contributed by atoms with Crippen LogP contribution < -0.4 is 5.32 Å². The number of benzene rings is 1. The van der Waals surface area contributed by atoms with Crippen LogP contribution in [-0.2, 0) is 11.2 Å². The Hall–Kier alpha value is -0.860. The zero-order valence-corrected chi connectivity index (χ0v) is 9.33. The highest BCUT2D eigenvalue weighted by Crippen LogP contribution is 2.26. The van der Waals surface area contributed by atoms with Gasteiger partial charge in [-0.1, -0.05) is 30.3 Å². The summed E-state index contributed by atoms with van der Waals surface area (Å²) in [6.07, 6.45) is 3.25. The van der Waals surface area contributed by atoms with E-state index in [4.69, 9.17) is 4.74 Å². The molecule has 0 radical (unpaired) electrons. The Balaban J connectivity index is 2.07. The lowest BCUT2D eigenvalue weighted by molar-refractivity contribution is -0.0333. The van der Waals surface area contributed by atoms with Crippen molar-refractivity contribution < 1.29 is 4.74 Å². The summed E-state index contributed by atoms with van der Waals surface area (Å²) in [5.74, 6) is 0. The molecule has 1 aliphatic rings. The van der Waals surface area contributed by atoms with Crippen LogP contribution in [0.5, 0.6) is 0 Å². The van der Waals surface area contributed by atoms with Crippen LogP contribution in [0.25, 0.3) is 0 Å². The van der Waals surface area contributed by atoms with Crippen molar-refractivity contribution in [3.8, 4) is 0 Å². The average molecular weight is 205 g/mol. The van der Waals surface area contributed by atoms with Gasteiger partial charge in [0.1, 0.15) is 0 Å². The summed E-state index contributed by atoms with van der Waals surface area (Å²) in [7, 11) is 1.84. The lowest BCUT2D eigenvalue weighted by atomic mass is 9.86. The molecule has 1 aromatic carbocycles. The smallest absolute Gasteiger partial charge is 0.0743 e. The second-order valence-electron chi connectivity index (χ2n) is 4.30. The molecule has 0 saturated carbocycles. The minimum absolute atomic E-state index is 0.0621. The van der Waals surface area contributed by atoms with Gasteiger partial charge in [-0.2, -0.15) is 0 Å². The summed E-state index contributed by atoms with van der Waals surface area (Å²) in [5, 5.41) is 3.38. The molecule has 1 saturated heterocycles. The molecule has 0 bridgehead atoms. The maximum atomic E-state index is 5.74. The first kappa shape index (κ1) is 10.7. The van der Waals surface area contributed by atoms with E-state index in [1.165, 1.54) is 5.56 Å². The van der Waals surface area contributed by atoms with Crippen molar-refractivity contribution in [1.82, 2.24) is 5.32 Å². The minimum atomic E-state index is 0.0621. The second kappa shape index (κ2) is 4.77. The summed E-state index contributed by atoms with van der Waals surface area (Å²) in [6.45, 7) is 2.14. The van der Waals surface area contributed by atoms with Crippen LogP contribution in [-0.4, -0.2) is 25.8 Å². The molecule has 1 fully saturated rings. The highest BCUT2D eigenvalue weighted by Gasteiger charge is 2.31. The van der Waals surface area contributed by atoms with E-state index in [0.29, 0.717) is 0 Å². The number of hydrogen-bond acceptors (Lipinski definition) is 2. The molecule has 2 nitrogen and oxygen atoms in total. The highest BCUT2D eigenvalue weighted by atomic mass is 16.5. The summed E-state index contributed by atoms with van der Waals surface area (Å²) < 4.78 is 5.74. The number of ether oxygens (including phenoxy) is 1. The van der Waals surface area contributed by atoms with E-state index in [0.717, 1.165) is 32.4 Å². The number of nitrogens with one attached hydrogen (secondary N) is 1. The number of methoxy groups -OCH3 is 1. The first-order chi connectivity index (χ1) is 7.35. The molecule has 82 valence electrons. The lowest BCUT2D eigenvalue weighted by Crippen LogP contribution is -2.44. The van der Waals surface area contributed by atoms with Gasteiger partial charge < -0.3 is 10.1 Å². The molecular formula is C13H19NO. The molecule has 2 heteroatoms. The van der Waals surface area contributed by atoms with E-state index < -0.39 is 0 Å². The van der Waals surface area contributed by atoms with Gasteiger partial charge in [-0.3, -0.25) is 0 Å². The predicted octanol–water partition coefficient (Wildman–Crippen LogP) is 2.00. The van der Waals surface area contributed by atoms with Crippen molar-refractivity contribution in [1.29, 1.82) is 0 Å². The maximum Gasteiger partial charge on any atom is 0.0743 e. The molecule has 1 aliphatic heterocycles.